The monoisotopic (exact) mass is 413 g/mol. The molecule has 0 bridgehead atoms. The fraction of sp³-hybridized carbons (Fsp3) is 0.588. The maximum Gasteiger partial charge on any atom is 0.401 e. The molecule has 1 unspecified atom stereocenters. The highest BCUT2D eigenvalue weighted by Gasteiger charge is 2.34. The Hall–Kier alpha value is -1.18. The van der Waals surface area contributed by atoms with Crippen LogP contribution in [-0.2, 0) is 6.42 Å². The molecule has 26 heavy (non-hydrogen) atoms. The highest BCUT2D eigenvalue weighted by Crippen LogP contribution is 2.26. The smallest absolute Gasteiger partial charge is 0.385 e. The molecule has 148 valence electrons. The SMILES string of the molecule is Cl.Cl.O=C(NCC1CCN(CC(F)(F)F)C1)c1cccc2c1CCCN2. The van der Waals surface area contributed by atoms with Gasteiger partial charge in [0.05, 0.1) is 6.54 Å². The van der Waals surface area contributed by atoms with E-state index in [1.54, 1.807) is 0 Å². The number of hydrogen-bond donors (Lipinski definition) is 2. The van der Waals surface area contributed by atoms with Crippen molar-refractivity contribution < 1.29 is 18.0 Å². The van der Waals surface area contributed by atoms with E-state index < -0.39 is 12.7 Å². The quantitative estimate of drug-likeness (QED) is 0.793. The molecule has 0 aliphatic carbocycles. The summed E-state index contributed by atoms with van der Waals surface area (Å²) in [5, 5.41) is 6.19. The lowest BCUT2D eigenvalue weighted by molar-refractivity contribution is -0.143. The third-order valence-corrected chi connectivity index (χ3v) is 4.66. The molecule has 1 aromatic carbocycles. The zero-order valence-electron chi connectivity index (χ0n) is 14.3. The lowest BCUT2D eigenvalue weighted by Gasteiger charge is -2.21. The Bertz CT molecular complexity index is 613. The fourth-order valence-corrected chi connectivity index (χ4v) is 3.53. The molecule has 1 fully saturated rings. The maximum atomic E-state index is 12.5. The van der Waals surface area contributed by atoms with Crippen LogP contribution in [0.5, 0.6) is 0 Å². The first-order valence-corrected chi connectivity index (χ1v) is 8.35. The maximum absolute atomic E-state index is 12.5. The van der Waals surface area contributed by atoms with Gasteiger partial charge in [-0.3, -0.25) is 9.69 Å². The van der Waals surface area contributed by atoms with E-state index in [0.29, 0.717) is 31.6 Å². The lowest BCUT2D eigenvalue weighted by atomic mass is 9.97. The first-order valence-electron chi connectivity index (χ1n) is 8.35. The molecule has 0 spiro atoms. The Kier molecular flexibility index (Phi) is 8.50. The highest BCUT2D eigenvalue weighted by atomic mass is 35.5. The Morgan fingerprint density at radius 3 is 2.81 bits per heavy atom. The van der Waals surface area contributed by atoms with E-state index >= 15 is 0 Å². The second-order valence-corrected chi connectivity index (χ2v) is 6.58. The number of carbonyl (C=O) groups excluding carboxylic acids is 1. The second kappa shape index (κ2) is 9.67. The van der Waals surface area contributed by atoms with Gasteiger partial charge >= 0.3 is 6.18 Å². The van der Waals surface area contributed by atoms with Crippen molar-refractivity contribution in [3.8, 4) is 0 Å². The molecule has 1 saturated heterocycles. The molecule has 0 saturated carbocycles. The summed E-state index contributed by atoms with van der Waals surface area (Å²) >= 11 is 0. The Labute approximate surface area is 163 Å². The van der Waals surface area contributed by atoms with Gasteiger partial charge < -0.3 is 10.6 Å². The number of rotatable bonds is 4. The van der Waals surface area contributed by atoms with Gasteiger partial charge in [0.15, 0.2) is 0 Å². The van der Waals surface area contributed by atoms with Crippen LogP contribution < -0.4 is 10.6 Å². The van der Waals surface area contributed by atoms with Crippen LogP contribution in [0.4, 0.5) is 18.9 Å². The largest absolute Gasteiger partial charge is 0.401 e. The van der Waals surface area contributed by atoms with Gasteiger partial charge in [0.1, 0.15) is 0 Å². The summed E-state index contributed by atoms with van der Waals surface area (Å²) in [4.78, 5) is 13.9. The highest BCUT2D eigenvalue weighted by molar-refractivity contribution is 5.97. The zero-order chi connectivity index (χ0) is 17.2. The molecule has 2 N–H and O–H groups in total. The Morgan fingerprint density at radius 1 is 1.31 bits per heavy atom. The number of benzene rings is 1. The van der Waals surface area contributed by atoms with Crippen molar-refractivity contribution in [1.82, 2.24) is 10.2 Å². The average molecular weight is 414 g/mol. The first kappa shape index (κ1) is 22.9. The summed E-state index contributed by atoms with van der Waals surface area (Å²) in [6, 6.07) is 5.63. The van der Waals surface area contributed by atoms with Crippen molar-refractivity contribution >= 4 is 36.4 Å². The van der Waals surface area contributed by atoms with E-state index in [1.807, 2.05) is 18.2 Å². The number of likely N-dealkylation sites (tertiary alicyclic amines) is 1. The number of amides is 1. The van der Waals surface area contributed by atoms with Crippen LogP contribution in [0.2, 0.25) is 0 Å². The number of nitrogens with zero attached hydrogens (tertiary/aromatic N) is 1. The molecule has 0 aromatic heterocycles. The lowest BCUT2D eigenvalue weighted by Crippen LogP contribution is -2.35. The van der Waals surface area contributed by atoms with Crippen molar-refractivity contribution in [2.24, 2.45) is 5.92 Å². The van der Waals surface area contributed by atoms with Gasteiger partial charge in [-0.25, -0.2) is 0 Å². The molecule has 1 aromatic rings. The second-order valence-electron chi connectivity index (χ2n) is 6.58. The van der Waals surface area contributed by atoms with Gasteiger partial charge in [-0.1, -0.05) is 6.07 Å². The predicted octanol–water partition coefficient (Wildman–Crippen LogP) is 3.50. The van der Waals surface area contributed by atoms with Crippen LogP contribution in [-0.4, -0.2) is 49.7 Å². The van der Waals surface area contributed by atoms with Gasteiger partial charge in [0.25, 0.3) is 5.91 Å². The number of alkyl halides is 3. The summed E-state index contributed by atoms with van der Waals surface area (Å²) < 4.78 is 37.2. The van der Waals surface area contributed by atoms with Crippen LogP contribution >= 0.6 is 24.8 Å². The summed E-state index contributed by atoms with van der Waals surface area (Å²) in [5.41, 5.74) is 2.71. The predicted molar refractivity (Wildman–Crippen MR) is 101 cm³/mol. The topological polar surface area (TPSA) is 44.4 Å². The number of carbonyl (C=O) groups is 1. The minimum absolute atomic E-state index is 0. The molecule has 2 heterocycles. The van der Waals surface area contributed by atoms with Crippen molar-refractivity contribution in [2.75, 3.05) is 38.0 Å². The average Bonchev–Trinajstić information content (AvgIpc) is 2.97. The van der Waals surface area contributed by atoms with Gasteiger partial charge in [-0.15, -0.1) is 24.8 Å². The third kappa shape index (κ3) is 5.93. The standard InChI is InChI=1S/C17H22F3N3O.2ClH/c18-17(19,20)11-23-8-6-12(10-23)9-22-16(24)14-3-1-5-15-13(14)4-2-7-21-15;;/h1,3,5,12,21H,2,4,6-11H2,(H,22,24);2*1H. The third-order valence-electron chi connectivity index (χ3n) is 4.66. The molecule has 3 rings (SSSR count). The van der Waals surface area contributed by atoms with E-state index in [2.05, 4.69) is 10.6 Å². The molecule has 1 atom stereocenters. The van der Waals surface area contributed by atoms with Gasteiger partial charge in [0.2, 0.25) is 0 Å². The molecular weight excluding hydrogens is 390 g/mol. The van der Waals surface area contributed by atoms with Crippen LogP contribution in [0.15, 0.2) is 18.2 Å². The molecule has 2 aliphatic heterocycles. The fourth-order valence-electron chi connectivity index (χ4n) is 3.53. The van der Waals surface area contributed by atoms with E-state index in [-0.39, 0.29) is 36.6 Å². The Balaban J connectivity index is 0.00000169. The van der Waals surface area contributed by atoms with Crippen LogP contribution in [0, 0.1) is 5.92 Å². The number of nitrogens with one attached hydrogen (secondary N) is 2. The van der Waals surface area contributed by atoms with E-state index in [4.69, 9.17) is 0 Å². The molecular formula is C17H24Cl2F3N3O. The summed E-state index contributed by atoms with van der Waals surface area (Å²) in [5.74, 6) is -0.0567. The van der Waals surface area contributed by atoms with Crippen LogP contribution in [0.25, 0.3) is 0 Å². The number of halogens is 5. The van der Waals surface area contributed by atoms with Crippen LogP contribution in [0.3, 0.4) is 0 Å². The van der Waals surface area contributed by atoms with Crippen molar-refractivity contribution in [3.63, 3.8) is 0 Å². The van der Waals surface area contributed by atoms with E-state index in [1.165, 1.54) is 4.90 Å². The molecule has 2 aliphatic rings. The van der Waals surface area contributed by atoms with Crippen LogP contribution in [0.1, 0.15) is 28.8 Å². The number of anilines is 1. The summed E-state index contributed by atoms with van der Waals surface area (Å²) in [6.45, 7) is 1.29. The van der Waals surface area contributed by atoms with Gasteiger partial charge in [0, 0.05) is 30.9 Å². The molecule has 0 radical (unpaired) electrons. The number of hydrogen-bond acceptors (Lipinski definition) is 3. The van der Waals surface area contributed by atoms with Gasteiger partial charge in [-0.05, 0) is 49.4 Å². The minimum atomic E-state index is -4.16. The minimum Gasteiger partial charge on any atom is -0.385 e. The van der Waals surface area contributed by atoms with E-state index in [0.717, 1.165) is 30.6 Å². The first-order chi connectivity index (χ1) is 11.4. The molecule has 9 heteroatoms. The summed E-state index contributed by atoms with van der Waals surface area (Å²) in [6.07, 6.45) is -1.61. The summed E-state index contributed by atoms with van der Waals surface area (Å²) in [7, 11) is 0. The Morgan fingerprint density at radius 2 is 2.08 bits per heavy atom. The number of fused-ring (bicyclic) bond motifs is 1. The molecule has 1 amide bonds. The van der Waals surface area contributed by atoms with Crippen molar-refractivity contribution in [3.05, 3.63) is 29.3 Å². The molecule has 4 nitrogen and oxygen atoms in total. The van der Waals surface area contributed by atoms with Crippen molar-refractivity contribution in [2.45, 2.75) is 25.4 Å². The normalized spacial score (nSPS) is 19.6. The zero-order valence-corrected chi connectivity index (χ0v) is 15.9. The van der Waals surface area contributed by atoms with Gasteiger partial charge in [-0.2, -0.15) is 13.2 Å². The van der Waals surface area contributed by atoms with Crippen molar-refractivity contribution in [1.29, 1.82) is 0 Å². The van der Waals surface area contributed by atoms with E-state index in [9.17, 15) is 18.0 Å².